The molecule has 0 bridgehead atoms. The Morgan fingerprint density at radius 1 is 1.30 bits per heavy atom. The third-order valence-electron chi connectivity index (χ3n) is 2.81. The first-order valence-corrected chi connectivity index (χ1v) is 6.51. The summed E-state index contributed by atoms with van der Waals surface area (Å²) in [4.78, 5) is 37.4. The Labute approximate surface area is 118 Å². The molecule has 6 nitrogen and oxygen atoms in total. The second kappa shape index (κ2) is 5.64. The van der Waals surface area contributed by atoms with Gasteiger partial charge in [-0.15, -0.1) is 0 Å². The summed E-state index contributed by atoms with van der Waals surface area (Å²) in [5.41, 5.74) is -2.42. The number of Topliss-reactive ketones (excluding diaryl/α,β-unsaturated/α-hetero) is 1. The SMILES string of the molecule is CCOC(=O)C1(C(C)=O)C=CCN1C(=O)OC(C)(C)C. The molecule has 0 radical (unpaired) electrons. The molecular weight excluding hydrogens is 262 g/mol. The summed E-state index contributed by atoms with van der Waals surface area (Å²) in [5.74, 6) is -1.23. The maximum Gasteiger partial charge on any atom is 0.412 e. The van der Waals surface area contributed by atoms with Gasteiger partial charge in [0.2, 0.25) is 5.54 Å². The predicted molar refractivity (Wildman–Crippen MR) is 72.1 cm³/mol. The fourth-order valence-corrected chi connectivity index (χ4v) is 1.97. The lowest BCUT2D eigenvalue weighted by atomic mass is 9.95. The van der Waals surface area contributed by atoms with Gasteiger partial charge in [-0.25, -0.2) is 9.59 Å². The van der Waals surface area contributed by atoms with Gasteiger partial charge in [0.05, 0.1) is 6.61 Å². The van der Waals surface area contributed by atoms with E-state index in [1.807, 2.05) is 0 Å². The molecule has 112 valence electrons. The van der Waals surface area contributed by atoms with Gasteiger partial charge in [-0.2, -0.15) is 0 Å². The molecule has 1 amide bonds. The van der Waals surface area contributed by atoms with E-state index < -0.39 is 29.0 Å². The second-order valence-corrected chi connectivity index (χ2v) is 5.54. The van der Waals surface area contributed by atoms with Gasteiger partial charge >= 0.3 is 12.1 Å². The van der Waals surface area contributed by atoms with Crippen molar-refractivity contribution >= 4 is 17.8 Å². The highest BCUT2D eigenvalue weighted by molar-refractivity contribution is 6.12. The molecule has 0 spiro atoms. The molecule has 0 aliphatic carbocycles. The molecule has 1 aliphatic rings. The molecule has 1 heterocycles. The van der Waals surface area contributed by atoms with Crippen molar-refractivity contribution in [2.45, 2.75) is 45.8 Å². The van der Waals surface area contributed by atoms with E-state index in [0.29, 0.717) is 0 Å². The molecule has 1 rings (SSSR count). The Hall–Kier alpha value is -1.85. The average Bonchev–Trinajstić information content (AvgIpc) is 2.72. The van der Waals surface area contributed by atoms with Gasteiger partial charge in [0.15, 0.2) is 5.78 Å². The van der Waals surface area contributed by atoms with Crippen LogP contribution in [0.15, 0.2) is 12.2 Å². The standard InChI is InChI=1S/C14H21NO5/c1-6-19-11(17)14(10(2)16)8-7-9-15(14)12(18)20-13(3,4)5/h7-8H,6,9H2,1-5H3. The number of ether oxygens (including phenoxy) is 2. The van der Waals surface area contributed by atoms with Crippen LogP contribution in [-0.2, 0) is 19.1 Å². The molecular formula is C14H21NO5. The third-order valence-corrected chi connectivity index (χ3v) is 2.81. The quantitative estimate of drug-likeness (QED) is 0.447. The second-order valence-electron chi connectivity index (χ2n) is 5.54. The van der Waals surface area contributed by atoms with Crippen LogP contribution in [0.5, 0.6) is 0 Å². The van der Waals surface area contributed by atoms with E-state index in [0.717, 1.165) is 4.90 Å². The normalized spacial score (nSPS) is 21.8. The zero-order chi connectivity index (χ0) is 15.6. The van der Waals surface area contributed by atoms with Crippen LogP contribution in [-0.4, -0.2) is 47.0 Å². The third kappa shape index (κ3) is 3.00. The highest BCUT2D eigenvalue weighted by Gasteiger charge is 2.53. The van der Waals surface area contributed by atoms with Crippen LogP contribution in [0, 0.1) is 0 Å². The number of amides is 1. The fourth-order valence-electron chi connectivity index (χ4n) is 1.97. The van der Waals surface area contributed by atoms with Crippen molar-refractivity contribution in [1.29, 1.82) is 0 Å². The topological polar surface area (TPSA) is 72.9 Å². The van der Waals surface area contributed by atoms with Gasteiger partial charge in [0.1, 0.15) is 5.60 Å². The summed E-state index contributed by atoms with van der Waals surface area (Å²) in [6.45, 7) is 8.31. The zero-order valence-corrected chi connectivity index (χ0v) is 12.6. The number of rotatable bonds is 3. The van der Waals surface area contributed by atoms with Crippen LogP contribution in [0.25, 0.3) is 0 Å². The highest BCUT2D eigenvalue weighted by atomic mass is 16.6. The van der Waals surface area contributed by atoms with Gasteiger partial charge in [-0.05, 0) is 40.7 Å². The monoisotopic (exact) mass is 283 g/mol. The number of hydrogen-bond acceptors (Lipinski definition) is 5. The molecule has 0 N–H and O–H groups in total. The van der Waals surface area contributed by atoms with E-state index in [9.17, 15) is 14.4 Å². The van der Waals surface area contributed by atoms with Crippen molar-refractivity contribution in [3.63, 3.8) is 0 Å². The van der Waals surface area contributed by atoms with E-state index in [4.69, 9.17) is 9.47 Å². The predicted octanol–water partition coefficient (Wildman–Crippen LogP) is 1.68. The van der Waals surface area contributed by atoms with Crippen molar-refractivity contribution in [3.05, 3.63) is 12.2 Å². The smallest absolute Gasteiger partial charge is 0.412 e. The van der Waals surface area contributed by atoms with Crippen LogP contribution in [0.3, 0.4) is 0 Å². The van der Waals surface area contributed by atoms with Gasteiger partial charge in [-0.3, -0.25) is 9.69 Å². The molecule has 0 saturated carbocycles. The maximum absolute atomic E-state index is 12.2. The Morgan fingerprint density at radius 2 is 1.90 bits per heavy atom. The summed E-state index contributed by atoms with van der Waals surface area (Å²) in [6.07, 6.45) is 2.27. The Balaban J connectivity index is 3.10. The molecule has 1 atom stereocenters. The molecule has 0 aromatic heterocycles. The lowest BCUT2D eigenvalue weighted by Gasteiger charge is -2.34. The average molecular weight is 283 g/mol. The summed E-state index contributed by atoms with van der Waals surface area (Å²) < 4.78 is 10.2. The molecule has 0 aromatic rings. The minimum Gasteiger partial charge on any atom is -0.464 e. The number of carbonyl (C=O) groups excluding carboxylic acids is 3. The van der Waals surface area contributed by atoms with Crippen molar-refractivity contribution in [3.8, 4) is 0 Å². The summed E-state index contributed by atoms with van der Waals surface area (Å²) in [7, 11) is 0. The number of ketones is 1. The minimum atomic E-state index is -1.71. The van der Waals surface area contributed by atoms with Crippen molar-refractivity contribution in [1.82, 2.24) is 4.90 Å². The fraction of sp³-hybridized carbons (Fsp3) is 0.643. The first kappa shape index (κ1) is 16.2. The number of carbonyl (C=O) groups is 3. The Morgan fingerprint density at radius 3 is 2.35 bits per heavy atom. The van der Waals surface area contributed by atoms with E-state index in [-0.39, 0.29) is 13.2 Å². The van der Waals surface area contributed by atoms with Crippen molar-refractivity contribution in [2.75, 3.05) is 13.2 Å². The number of nitrogens with zero attached hydrogens (tertiary/aromatic N) is 1. The van der Waals surface area contributed by atoms with E-state index in [1.165, 1.54) is 13.0 Å². The molecule has 0 saturated heterocycles. The van der Waals surface area contributed by atoms with Gasteiger partial charge < -0.3 is 9.47 Å². The van der Waals surface area contributed by atoms with Crippen LogP contribution in [0.2, 0.25) is 0 Å². The molecule has 6 heteroatoms. The lowest BCUT2D eigenvalue weighted by Crippen LogP contribution is -2.59. The summed E-state index contributed by atoms with van der Waals surface area (Å²) >= 11 is 0. The maximum atomic E-state index is 12.2. The van der Waals surface area contributed by atoms with Crippen LogP contribution in [0.4, 0.5) is 4.79 Å². The largest absolute Gasteiger partial charge is 0.464 e. The Kier molecular flexibility index (Phi) is 4.57. The van der Waals surface area contributed by atoms with Crippen molar-refractivity contribution in [2.24, 2.45) is 0 Å². The molecule has 0 fully saturated rings. The van der Waals surface area contributed by atoms with Crippen LogP contribution in [0.1, 0.15) is 34.6 Å². The zero-order valence-electron chi connectivity index (χ0n) is 12.6. The summed E-state index contributed by atoms with van der Waals surface area (Å²) in [6, 6.07) is 0. The minimum absolute atomic E-state index is 0.129. The van der Waals surface area contributed by atoms with E-state index >= 15 is 0 Å². The first-order valence-electron chi connectivity index (χ1n) is 6.51. The van der Waals surface area contributed by atoms with Crippen molar-refractivity contribution < 1.29 is 23.9 Å². The van der Waals surface area contributed by atoms with Gasteiger partial charge in [-0.1, -0.05) is 6.08 Å². The van der Waals surface area contributed by atoms with E-state index in [1.54, 1.807) is 33.8 Å². The van der Waals surface area contributed by atoms with E-state index in [2.05, 4.69) is 0 Å². The molecule has 1 unspecified atom stereocenters. The summed E-state index contributed by atoms with van der Waals surface area (Å²) in [5, 5.41) is 0. The Bertz CT molecular complexity index is 449. The lowest BCUT2D eigenvalue weighted by molar-refractivity contribution is -0.157. The van der Waals surface area contributed by atoms with Crippen LogP contribution >= 0.6 is 0 Å². The van der Waals surface area contributed by atoms with Gasteiger partial charge in [0.25, 0.3) is 0 Å². The number of hydrogen-bond donors (Lipinski definition) is 0. The molecule has 1 aliphatic heterocycles. The molecule has 0 aromatic carbocycles. The number of esters is 1. The molecule has 20 heavy (non-hydrogen) atoms. The van der Waals surface area contributed by atoms with Crippen LogP contribution < -0.4 is 0 Å². The first-order chi connectivity index (χ1) is 9.15. The highest BCUT2D eigenvalue weighted by Crippen LogP contribution is 2.28. The van der Waals surface area contributed by atoms with Gasteiger partial charge in [0, 0.05) is 6.54 Å².